The summed E-state index contributed by atoms with van der Waals surface area (Å²) in [5.41, 5.74) is 4.81. The standard InChI is InChI=1S/C15H13N5O/c16-20-11-6-7-13(18-9-11)15(21)19-12-5-1-3-10-4-2-8-17-14(10)12/h1-9,20H,16H2,(H,19,21). The Kier molecular flexibility index (Phi) is 3.44. The summed E-state index contributed by atoms with van der Waals surface area (Å²) in [6.45, 7) is 0. The number of pyridine rings is 2. The Morgan fingerprint density at radius 3 is 2.67 bits per heavy atom. The quantitative estimate of drug-likeness (QED) is 0.504. The fourth-order valence-corrected chi connectivity index (χ4v) is 2.00. The topological polar surface area (TPSA) is 92.9 Å². The summed E-state index contributed by atoms with van der Waals surface area (Å²) < 4.78 is 0. The fraction of sp³-hybridized carbons (Fsp3) is 0. The summed E-state index contributed by atoms with van der Waals surface area (Å²) in [5, 5.41) is 3.79. The van der Waals surface area contributed by atoms with Crippen molar-refractivity contribution in [3.63, 3.8) is 0 Å². The normalized spacial score (nSPS) is 10.3. The molecule has 0 atom stereocenters. The molecule has 2 aromatic heterocycles. The highest BCUT2D eigenvalue weighted by molar-refractivity contribution is 6.07. The summed E-state index contributed by atoms with van der Waals surface area (Å²) >= 11 is 0. The highest BCUT2D eigenvalue weighted by Crippen LogP contribution is 2.21. The van der Waals surface area contributed by atoms with E-state index in [1.807, 2.05) is 30.3 Å². The predicted octanol–water partition coefficient (Wildman–Crippen LogP) is 2.17. The summed E-state index contributed by atoms with van der Waals surface area (Å²) in [7, 11) is 0. The zero-order chi connectivity index (χ0) is 14.7. The van der Waals surface area contributed by atoms with Crippen LogP contribution in [0.3, 0.4) is 0 Å². The number of nitrogens with two attached hydrogens (primary N) is 1. The van der Waals surface area contributed by atoms with Gasteiger partial charge in [0.25, 0.3) is 5.91 Å². The number of aromatic nitrogens is 2. The fourth-order valence-electron chi connectivity index (χ4n) is 2.00. The summed E-state index contributed by atoms with van der Waals surface area (Å²) in [4.78, 5) is 20.5. The van der Waals surface area contributed by atoms with E-state index in [9.17, 15) is 4.79 Å². The Hall–Kier alpha value is -2.99. The van der Waals surface area contributed by atoms with E-state index in [0.29, 0.717) is 17.1 Å². The maximum atomic E-state index is 12.2. The van der Waals surface area contributed by atoms with Crippen LogP contribution in [0.25, 0.3) is 10.9 Å². The predicted molar refractivity (Wildman–Crippen MR) is 81.7 cm³/mol. The van der Waals surface area contributed by atoms with Crippen LogP contribution >= 0.6 is 0 Å². The molecule has 3 aromatic rings. The van der Waals surface area contributed by atoms with Crippen LogP contribution in [-0.2, 0) is 0 Å². The van der Waals surface area contributed by atoms with Gasteiger partial charge in [-0.15, -0.1) is 0 Å². The number of nitrogen functional groups attached to an aromatic ring is 1. The zero-order valence-corrected chi connectivity index (χ0v) is 11.1. The van der Waals surface area contributed by atoms with Crippen LogP contribution in [0.2, 0.25) is 0 Å². The van der Waals surface area contributed by atoms with Crippen LogP contribution in [0.4, 0.5) is 11.4 Å². The van der Waals surface area contributed by atoms with Crippen LogP contribution in [0, 0.1) is 0 Å². The third kappa shape index (κ3) is 2.65. The molecule has 0 spiro atoms. The van der Waals surface area contributed by atoms with Crippen LogP contribution < -0.4 is 16.6 Å². The number of carbonyl (C=O) groups excluding carboxylic acids is 1. The molecule has 0 unspecified atom stereocenters. The maximum absolute atomic E-state index is 12.2. The number of para-hydroxylation sites is 1. The Morgan fingerprint density at radius 1 is 1.05 bits per heavy atom. The Bertz CT molecular complexity index is 780. The van der Waals surface area contributed by atoms with Crippen molar-refractivity contribution >= 4 is 28.2 Å². The van der Waals surface area contributed by atoms with E-state index in [-0.39, 0.29) is 5.91 Å². The molecule has 0 radical (unpaired) electrons. The number of carbonyl (C=O) groups is 1. The molecule has 104 valence electrons. The largest absolute Gasteiger partial charge is 0.323 e. The molecule has 1 aromatic carbocycles. The minimum atomic E-state index is -0.295. The molecule has 0 saturated heterocycles. The molecule has 0 aliphatic heterocycles. The first-order valence-electron chi connectivity index (χ1n) is 6.36. The molecule has 0 bridgehead atoms. The van der Waals surface area contributed by atoms with E-state index in [4.69, 9.17) is 5.84 Å². The number of nitrogens with zero attached hydrogens (tertiary/aromatic N) is 2. The van der Waals surface area contributed by atoms with E-state index in [0.717, 1.165) is 10.9 Å². The van der Waals surface area contributed by atoms with Gasteiger partial charge in [-0.3, -0.25) is 15.6 Å². The lowest BCUT2D eigenvalue weighted by molar-refractivity contribution is 0.102. The molecule has 0 aliphatic rings. The number of rotatable bonds is 3. The van der Waals surface area contributed by atoms with Crippen molar-refractivity contribution in [3.05, 3.63) is 60.6 Å². The van der Waals surface area contributed by atoms with E-state index in [1.165, 1.54) is 6.20 Å². The van der Waals surface area contributed by atoms with Gasteiger partial charge in [-0.1, -0.05) is 18.2 Å². The second kappa shape index (κ2) is 5.56. The first-order valence-corrected chi connectivity index (χ1v) is 6.36. The number of hydrogen-bond donors (Lipinski definition) is 3. The number of benzene rings is 1. The summed E-state index contributed by atoms with van der Waals surface area (Å²) in [5.74, 6) is 4.97. The van der Waals surface area contributed by atoms with Crippen molar-refractivity contribution in [2.45, 2.75) is 0 Å². The molecule has 6 nitrogen and oxygen atoms in total. The molecule has 4 N–H and O–H groups in total. The van der Waals surface area contributed by atoms with Gasteiger partial charge < -0.3 is 10.7 Å². The first-order chi connectivity index (χ1) is 10.3. The molecular weight excluding hydrogens is 266 g/mol. The van der Waals surface area contributed by atoms with E-state index in [1.54, 1.807) is 18.3 Å². The molecule has 0 fully saturated rings. The first kappa shape index (κ1) is 13.0. The van der Waals surface area contributed by atoms with Gasteiger partial charge in [0.1, 0.15) is 5.69 Å². The second-order valence-corrected chi connectivity index (χ2v) is 4.41. The maximum Gasteiger partial charge on any atom is 0.274 e. The minimum Gasteiger partial charge on any atom is -0.323 e. The Morgan fingerprint density at radius 2 is 1.90 bits per heavy atom. The van der Waals surface area contributed by atoms with Gasteiger partial charge in [0, 0.05) is 11.6 Å². The van der Waals surface area contributed by atoms with Gasteiger partial charge in [-0.05, 0) is 24.3 Å². The van der Waals surface area contributed by atoms with Gasteiger partial charge in [-0.25, -0.2) is 4.98 Å². The SMILES string of the molecule is NNc1ccc(C(=O)Nc2cccc3cccnc23)nc1. The van der Waals surface area contributed by atoms with Crippen molar-refractivity contribution < 1.29 is 4.79 Å². The van der Waals surface area contributed by atoms with E-state index in [2.05, 4.69) is 20.7 Å². The molecule has 1 amide bonds. The minimum absolute atomic E-state index is 0.295. The van der Waals surface area contributed by atoms with Crippen molar-refractivity contribution in [3.8, 4) is 0 Å². The molecule has 21 heavy (non-hydrogen) atoms. The molecular formula is C15H13N5O. The lowest BCUT2D eigenvalue weighted by Gasteiger charge is -2.08. The van der Waals surface area contributed by atoms with Crippen LogP contribution in [-0.4, -0.2) is 15.9 Å². The second-order valence-electron chi connectivity index (χ2n) is 4.41. The van der Waals surface area contributed by atoms with E-state index < -0.39 is 0 Å². The number of anilines is 2. The van der Waals surface area contributed by atoms with Crippen molar-refractivity contribution in [1.29, 1.82) is 0 Å². The number of amides is 1. The van der Waals surface area contributed by atoms with Gasteiger partial charge >= 0.3 is 0 Å². The number of hydrogen-bond acceptors (Lipinski definition) is 5. The third-order valence-corrected chi connectivity index (χ3v) is 3.04. The van der Waals surface area contributed by atoms with Crippen molar-refractivity contribution in [2.24, 2.45) is 5.84 Å². The molecule has 6 heteroatoms. The smallest absolute Gasteiger partial charge is 0.274 e. The molecule has 0 saturated carbocycles. The molecule has 0 aliphatic carbocycles. The average Bonchev–Trinajstić information content (AvgIpc) is 2.55. The number of fused-ring (bicyclic) bond motifs is 1. The summed E-state index contributed by atoms with van der Waals surface area (Å²) in [6.07, 6.45) is 3.19. The Balaban J connectivity index is 1.89. The van der Waals surface area contributed by atoms with Crippen molar-refractivity contribution in [1.82, 2.24) is 9.97 Å². The van der Waals surface area contributed by atoms with Crippen LogP contribution in [0.1, 0.15) is 10.5 Å². The molecule has 2 heterocycles. The van der Waals surface area contributed by atoms with Gasteiger partial charge in [-0.2, -0.15) is 0 Å². The van der Waals surface area contributed by atoms with Gasteiger partial charge in [0.2, 0.25) is 0 Å². The molecule has 3 rings (SSSR count). The monoisotopic (exact) mass is 279 g/mol. The third-order valence-electron chi connectivity index (χ3n) is 3.04. The highest BCUT2D eigenvalue weighted by Gasteiger charge is 2.10. The Labute approximate surface area is 121 Å². The number of nitrogens with one attached hydrogen (secondary N) is 2. The van der Waals surface area contributed by atoms with E-state index >= 15 is 0 Å². The lowest BCUT2D eigenvalue weighted by Crippen LogP contribution is -2.14. The van der Waals surface area contributed by atoms with Gasteiger partial charge in [0.05, 0.1) is 23.1 Å². The van der Waals surface area contributed by atoms with Crippen LogP contribution in [0.15, 0.2) is 54.9 Å². The number of hydrazine groups is 1. The van der Waals surface area contributed by atoms with Gasteiger partial charge in [0.15, 0.2) is 0 Å². The average molecular weight is 279 g/mol. The highest BCUT2D eigenvalue weighted by atomic mass is 16.1. The lowest BCUT2D eigenvalue weighted by atomic mass is 10.2. The van der Waals surface area contributed by atoms with Crippen LogP contribution in [0.5, 0.6) is 0 Å². The van der Waals surface area contributed by atoms with Crippen molar-refractivity contribution in [2.75, 3.05) is 10.7 Å². The zero-order valence-electron chi connectivity index (χ0n) is 11.1. The summed E-state index contributed by atoms with van der Waals surface area (Å²) in [6, 6.07) is 12.7.